The lowest BCUT2D eigenvalue weighted by Crippen LogP contribution is -2.01. The van der Waals surface area contributed by atoms with Crippen molar-refractivity contribution in [1.29, 1.82) is 0 Å². The second-order valence-electron chi connectivity index (χ2n) is 4.29. The third-order valence-corrected chi connectivity index (χ3v) is 3.43. The first kappa shape index (κ1) is 13.7. The topological polar surface area (TPSA) is 72.3 Å². The van der Waals surface area contributed by atoms with Crippen LogP contribution in [0.4, 0.5) is 0 Å². The fourth-order valence-electron chi connectivity index (χ4n) is 1.92. The van der Waals surface area contributed by atoms with Crippen LogP contribution in [0, 0.1) is 3.57 Å². The van der Waals surface area contributed by atoms with Crippen molar-refractivity contribution in [3.63, 3.8) is 0 Å². The Morgan fingerprint density at radius 3 is 2.33 bits per heavy atom. The Hall–Kier alpha value is -2.22. The van der Waals surface area contributed by atoms with Gasteiger partial charge >= 0.3 is 12.0 Å². The molecule has 0 unspecified atom stereocenters. The number of hydrogen-bond acceptors (Lipinski definition) is 4. The van der Waals surface area contributed by atoms with E-state index in [-0.39, 0.29) is 17.3 Å². The van der Waals surface area contributed by atoms with Gasteiger partial charge < -0.3 is 9.84 Å². The summed E-state index contributed by atoms with van der Waals surface area (Å²) in [6.45, 7) is 0. The first-order chi connectivity index (χ1) is 10.1. The largest absolute Gasteiger partial charge is 0.478 e. The third-order valence-electron chi connectivity index (χ3n) is 2.88. The first-order valence-electron chi connectivity index (χ1n) is 6.05. The van der Waals surface area contributed by atoms with Crippen LogP contribution in [0.2, 0.25) is 0 Å². The Kier molecular flexibility index (Phi) is 3.70. The van der Waals surface area contributed by atoms with Crippen LogP contribution in [0.1, 0.15) is 10.4 Å². The zero-order chi connectivity index (χ0) is 14.8. The summed E-state index contributed by atoms with van der Waals surface area (Å²) in [4.78, 5) is 19.4. The van der Waals surface area contributed by atoms with Crippen molar-refractivity contribution in [3.05, 3.63) is 57.9 Å². The number of aromatic nitrogens is 2. The summed E-state index contributed by atoms with van der Waals surface area (Å²) in [6, 6.07) is 10.9. The first-order valence-corrected chi connectivity index (χ1v) is 7.13. The lowest BCUT2D eigenvalue weighted by Gasteiger charge is -2.09. The highest BCUT2D eigenvalue weighted by Crippen LogP contribution is 2.28. The van der Waals surface area contributed by atoms with Gasteiger partial charge in [-0.05, 0) is 45.5 Å². The molecule has 0 spiro atoms. The minimum absolute atomic E-state index is 0.0795. The molecule has 0 aliphatic heterocycles. The van der Waals surface area contributed by atoms with E-state index in [2.05, 4.69) is 32.6 Å². The van der Waals surface area contributed by atoms with E-state index in [1.54, 1.807) is 24.5 Å². The smallest absolute Gasteiger partial charge is 0.339 e. The molecule has 104 valence electrons. The third kappa shape index (κ3) is 2.94. The van der Waals surface area contributed by atoms with Gasteiger partial charge in [-0.1, -0.05) is 24.3 Å². The molecule has 3 rings (SSSR count). The standard InChI is InChI=1S/C15H9IN2O3/c16-11-7-17-15(18-8-11)21-13-6-10-4-2-1-3-9(10)5-12(13)14(19)20/h1-8H,(H,19,20). The molecule has 0 fully saturated rings. The molecular weight excluding hydrogens is 383 g/mol. The second kappa shape index (κ2) is 5.65. The number of carboxylic acid groups (broad SMARTS) is 1. The molecule has 5 nitrogen and oxygen atoms in total. The maximum absolute atomic E-state index is 11.4. The number of hydrogen-bond donors (Lipinski definition) is 1. The number of aromatic carboxylic acids is 1. The Labute approximate surface area is 133 Å². The minimum Gasteiger partial charge on any atom is -0.478 e. The fourth-order valence-corrected chi connectivity index (χ4v) is 2.20. The monoisotopic (exact) mass is 392 g/mol. The van der Waals surface area contributed by atoms with E-state index in [0.717, 1.165) is 14.3 Å². The molecule has 0 aliphatic rings. The summed E-state index contributed by atoms with van der Waals surface area (Å²) >= 11 is 2.08. The molecule has 0 bridgehead atoms. The van der Waals surface area contributed by atoms with Crippen molar-refractivity contribution in [3.8, 4) is 11.8 Å². The van der Waals surface area contributed by atoms with Crippen LogP contribution in [0.3, 0.4) is 0 Å². The van der Waals surface area contributed by atoms with Crippen molar-refractivity contribution >= 4 is 39.3 Å². The van der Waals surface area contributed by atoms with Gasteiger partial charge in [-0.15, -0.1) is 0 Å². The number of ether oxygens (including phenoxy) is 1. The summed E-state index contributed by atoms with van der Waals surface area (Å²) in [5.74, 6) is -0.830. The fraction of sp³-hybridized carbons (Fsp3) is 0. The van der Waals surface area contributed by atoms with Crippen LogP contribution in [0.5, 0.6) is 11.8 Å². The average Bonchev–Trinajstić information content (AvgIpc) is 2.48. The lowest BCUT2D eigenvalue weighted by atomic mass is 10.1. The van der Waals surface area contributed by atoms with Gasteiger partial charge in [-0.3, -0.25) is 0 Å². The van der Waals surface area contributed by atoms with Crippen molar-refractivity contribution in [2.75, 3.05) is 0 Å². The van der Waals surface area contributed by atoms with Gasteiger partial charge in [0.1, 0.15) is 11.3 Å². The molecule has 3 aromatic rings. The zero-order valence-corrected chi connectivity index (χ0v) is 12.8. The molecule has 1 heterocycles. The lowest BCUT2D eigenvalue weighted by molar-refractivity contribution is 0.0694. The summed E-state index contributed by atoms with van der Waals surface area (Å²) in [7, 11) is 0. The van der Waals surface area contributed by atoms with Gasteiger partial charge in [0.25, 0.3) is 0 Å². The maximum Gasteiger partial charge on any atom is 0.339 e. The number of rotatable bonds is 3. The van der Waals surface area contributed by atoms with E-state index < -0.39 is 5.97 Å². The number of carbonyl (C=O) groups is 1. The number of fused-ring (bicyclic) bond motifs is 1. The van der Waals surface area contributed by atoms with Gasteiger partial charge in [0.15, 0.2) is 0 Å². The SMILES string of the molecule is O=C(O)c1cc2ccccc2cc1Oc1ncc(I)cn1. The van der Waals surface area contributed by atoms with Crippen LogP contribution < -0.4 is 4.74 Å². The van der Waals surface area contributed by atoms with E-state index in [1.165, 1.54) is 0 Å². The predicted molar refractivity (Wildman–Crippen MR) is 85.7 cm³/mol. The van der Waals surface area contributed by atoms with Gasteiger partial charge in [0, 0.05) is 16.0 Å². The molecular formula is C15H9IN2O3. The Morgan fingerprint density at radius 1 is 1.10 bits per heavy atom. The molecule has 6 heteroatoms. The summed E-state index contributed by atoms with van der Waals surface area (Å²) < 4.78 is 6.40. The normalized spacial score (nSPS) is 10.5. The van der Waals surface area contributed by atoms with E-state index in [4.69, 9.17) is 4.74 Å². The van der Waals surface area contributed by atoms with Crippen LogP contribution in [0.15, 0.2) is 48.8 Å². The molecule has 0 saturated carbocycles. The Balaban J connectivity index is 2.09. The molecule has 0 amide bonds. The van der Waals surface area contributed by atoms with Gasteiger partial charge in [0.05, 0.1) is 0 Å². The zero-order valence-electron chi connectivity index (χ0n) is 10.7. The van der Waals surface area contributed by atoms with Crippen molar-refractivity contribution in [2.24, 2.45) is 0 Å². The highest BCUT2D eigenvalue weighted by molar-refractivity contribution is 14.1. The highest BCUT2D eigenvalue weighted by Gasteiger charge is 2.14. The molecule has 21 heavy (non-hydrogen) atoms. The molecule has 1 N–H and O–H groups in total. The average molecular weight is 392 g/mol. The maximum atomic E-state index is 11.4. The molecule has 1 aromatic heterocycles. The Bertz CT molecular complexity index is 819. The summed E-state index contributed by atoms with van der Waals surface area (Å²) in [6.07, 6.45) is 3.20. The number of benzene rings is 2. The van der Waals surface area contributed by atoms with Gasteiger partial charge in [-0.2, -0.15) is 0 Å². The van der Waals surface area contributed by atoms with Crippen molar-refractivity contribution in [1.82, 2.24) is 9.97 Å². The summed E-state index contributed by atoms with van der Waals surface area (Å²) in [5.41, 5.74) is 0.0795. The number of nitrogens with zero attached hydrogens (tertiary/aromatic N) is 2. The van der Waals surface area contributed by atoms with Gasteiger partial charge in [-0.25, -0.2) is 14.8 Å². The molecule has 0 saturated heterocycles. The Morgan fingerprint density at radius 2 is 1.71 bits per heavy atom. The van der Waals surface area contributed by atoms with Crippen LogP contribution in [-0.4, -0.2) is 21.0 Å². The molecule has 2 aromatic carbocycles. The van der Waals surface area contributed by atoms with E-state index in [9.17, 15) is 9.90 Å². The minimum atomic E-state index is -1.05. The van der Waals surface area contributed by atoms with Crippen LogP contribution in [0.25, 0.3) is 10.8 Å². The highest BCUT2D eigenvalue weighted by atomic mass is 127. The van der Waals surface area contributed by atoms with E-state index >= 15 is 0 Å². The van der Waals surface area contributed by atoms with Gasteiger partial charge in [0.2, 0.25) is 0 Å². The van der Waals surface area contributed by atoms with E-state index in [0.29, 0.717) is 0 Å². The molecule has 0 aliphatic carbocycles. The number of carboxylic acids is 1. The second-order valence-corrected chi connectivity index (χ2v) is 5.53. The quantitative estimate of drug-likeness (QED) is 0.688. The van der Waals surface area contributed by atoms with Crippen LogP contribution >= 0.6 is 22.6 Å². The number of halogens is 1. The molecule has 0 atom stereocenters. The van der Waals surface area contributed by atoms with Crippen LogP contribution in [-0.2, 0) is 0 Å². The summed E-state index contributed by atoms with van der Waals surface area (Å²) in [5, 5.41) is 11.1. The predicted octanol–water partition coefficient (Wildman–Crippen LogP) is 3.72. The van der Waals surface area contributed by atoms with Crippen molar-refractivity contribution < 1.29 is 14.6 Å². The molecule has 0 radical (unpaired) electrons. The van der Waals surface area contributed by atoms with E-state index in [1.807, 2.05) is 24.3 Å². The van der Waals surface area contributed by atoms with Crippen molar-refractivity contribution in [2.45, 2.75) is 0 Å².